The topological polar surface area (TPSA) is 69.0 Å². The molecule has 3 aromatic rings. The third-order valence-corrected chi connectivity index (χ3v) is 5.32. The van der Waals surface area contributed by atoms with Crippen LogP contribution in [0.4, 0.5) is 0 Å². The van der Waals surface area contributed by atoms with Gasteiger partial charge in [0.2, 0.25) is 0 Å². The maximum atomic E-state index is 13.2. The Morgan fingerprint density at radius 3 is 2.52 bits per heavy atom. The van der Waals surface area contributed by atoms with E-state index in [1.807, 2.05) is 41.9 Å². The van der Waals surface area contributed by atoms with E-state index in [0.717, 1.165) is 46.6 Å². The Bertz CT molecular complexity index is 1060. The quantitative estimate of drug-likeness (QED) is 0.702. The van der Waals surface area contributed by atoms with Gasteiger partial charge in [-0.15, -0.1) is 0 Å². The highest BCUT2D eigenvalue weighted by Gasteiger charge is 2.30. The van der Waals surface area contributed by atoms with Crippen molar-refractivity contribution in [3.05, 3.63) is 52.8 Å². The third kappa shape index (κ3) is 3.84. The number of nitrogens with zero attached hydrogens (tertiary/aromatic N) is 3. The molecule has 152 valence electrons. The highest BCUT2D eigenvalue weighted by molar-refractivity contribution is 6.06. The lowest BCUT2D eigenvalue weighted by atomic mass is 10.1. The second kappa shape index (κ2) is 7.17. The van der Waals surface area contributed by atoms with E-state index in [0.29, 0.717) is 18.0 Å². The number of aromatic nitrogens is 3. The van der Waals surface area contributed by atoms with Crippen LogP contribution >= 0.6 is 0 Å². The van der Waals surface area contributed by atoms with Crippen LogP contribution in [0.1, 0.15) is 66.8 Å². The van der Waals surface area contributed by atoms with Gasteiger partial charge in [-0.05, 0) is 64.3 Å². The lowest BCUT2D eigenvalue weighted by Crippen LogP contribution is -2.25. The van der Waals surface area contributed by atoms with Crippen molar-refractivity contribution in [2.75, 3.05) is 7.11 Å². The van der Waals surface area contributed by atoms with Crippen LogP contribution in [-0.4, -0.2) is 27.8 Å². The smallest absolute Gasteiger partial charge is 0.252 e. The minimum absolute atomic E-state index is 0.0910. The van der Waals surface area contributed by atoms with Crippen LogP contribution in [0.25, 0.3) is 11.0 Å². The van der Waals surface area contributed by atoms with Gasteiger partial charge in [0, 0.05) is 18.2 Å². The minimum atomic E-state index is -0.210. The average molecular weight is 393 g/mol. The van der Waals surface area contributed by atoms with Crippen molar-refractivity contribution in [3.8, 4) is 5.75 Å². The van der Waals surface area contributed by atoms with Gasteiger partial charge < -0.3 is 10.1 Å². The number of amides is 1. The van der Waals surface area contributed by atoms with Gasteiger partial charge in [0.15, 0.2) is 5.65 Å². The molecular weight excluding hydrogens is 364 g/mol. The number of benzene rings is 1. The molecule has 1 amide bonds. The molecule has 0 radical (unpaired) electrons. The molecule has 1 fully saturated rings. The Labute approximate surface area is 171 Å². The number of rotatable bonds is 5. The molecule has 0 aliphatic heterocycles. The fourth-order valence-corrected chi connectivity index (χ4v) is 3.56. The summed E-state index contributed by atoms with van der Waals surface area (Å²) in [5, 5.41) is 8.63. The van der Waals surface area contributed by atoms with Crippen molar-refractivity contribution in [1.29, 1.82) is 0 Å². The summed E-state index contributed by atoms with van der Waals surface area (Å²) in [4.78, 5) is 18.1. The maximum absolute atomic E-state index is 13.2. The molecule has 0 saturated heterocycles. The van der Waals surface area contributed by atoms with Crippen LogP contribution in [0.3, 0.4) is 0 Å². The molecule has 1 N–H and O–H groups in total. The molecular formula is C23H28N4O2. The first-order chi connectivity index (χ1) is 13.8. The Kier molecular flexibility index (Phi) is 4.81. The van der Waals surface area contributed by atoms with Crippen LogP contribution < -0.4 is 10.1 Å². The molecule has 2 heterocycles. The van der Waals surface area contributed by atoms with Crippen molar-refractivity contribution in [1.82, 2.24) is 20.1 Å². The zero-order valence-electron chi connectivity index (χ0n) is 17.7. The summed E-state index contributed by atoms with van der Waals surface area (Å²) in [6.45, 7) is 8.72. The molecule has 0 spiro atoms. The van der Waals surface area contributed by atoms with E-state index in [2.05, 4.69) is 26.1 Å². The van der Waals surface area contributed by atoms with Crippen molar-refractivity contribution >= 4 is 16.9 Å². The van der Waals surface area contributed by atoms with Gasteiger partial charge in [0.25, 0.3) is 5.91 Å². The van der Waals surface area contributed by atoms with E-state index >= 15 is 0 Å². The van der Waals surface area contributed by atoms with Crippen LogP contribution in [0.15, 0.2) is 30.3 Å². The number of hydrogen-bond donors (Lipinski definition) is 1. The number of carbonyl (C=O) groups is 1. The highest BCUT2D eigenvalue weighted by Crippen LogP contribution is 2.41. The van der Waals surface area contributed by atoms with Crippen molar-refractivity contribution in [2.24, 2.45) is 0 Å². The maximum Gasteiger partial charge on any atom is 0.252 e. The lowest BCUT2D eigenvalue weighted by molar-refractivity contribution is 0.0952. The van der Waals surface area contributed by atoms with E-state index in [9.17, 15) is 4.79 Å². The summed E-state index contributed by atoms with van der Waals surface area (Å²) in [6, 6.07) is 9.67. The first-order valence-corrected chi connectivity index (χ1v) is 10.1. The fourth-order valence-electron chi connectivity index (χ4n) is 3.56. The van der Waals surface area contributed by atoms with Gasteiger partial charge in [-0.1, -0.05) is 12.1 Å². The molecule has 1 aliphatic carbocycles. The summed E-state index contributed by atoms with van der Waals surface area (Å²) in [5.41, 5.74) is 4.11. The second-order valence-electron chi connectivity index (χ2n) is 8.77. The number of methoxy groups -OCH3 is 1. The molecule has 1 aromatic carbocycles. The molecule has 0 bridgehead atoms. The summed E-state index contributed by atoms with van der Waals surface area (Å²) in [6.07, 6.45) is 2.27. The Morgan fingerprint density at radius 1 is 1.24 bits per heavy atom. The first-order valence-electron chi connectivity index (χ1n) is 10.1. The van der Waals surface area contributed by atoms with E-state index in [1.54, 1.807) is 7.11 Å². The molecule has 6 heteroatoms. The number of fused-ring (bicyclic) bond motifs is 1. The number of carbonyl (C=O) groups excluding carboxylic acids is 1. The summed E-state index contributed by atoms with van der Waals surface area (Å²) < 4.78 is 7.14. The van der Waals surface area contributed by atoms with E-state index < -0.39 is 0 Å². The van der Waals surface area contributed by atoms with Gasteiger partial charge in [0.05, 0.1) is 29.3 Å². The molecule has 1 saturated carbocycles. The van der Waals surface area contributed by atoms with E-state index in [1.165, 1.54) is 0 Å². The number of hydrogen-bond acceptors (Lipinski definition) is 4. The molecule has 4 rings (SSSR count). The zero-order valence-corrected chi connectivity index (χ0v) is 17.7. The Balaban J connectivity index is 1.69. The first kappa shape index (κ1) is 19.4. The monoisotopic (exact) mass is 392 g/mol. The molecule has 0 unspecified atom stereocenters. The largest absolute Gasteiger partial charge is 0.497 e. The van der Waals surface area contributed by atoms with Gasteiger partial charge in [-0.25, -0.2) is 9.67 Å². The Morgan fingerprint density at radius 2 is 1.93 bits per heavy atom. The second-order valence-corrected chi connectivity index (χ2v) is 8.77. The minimum Gasteiger partial charge on any atom is -0.497 e. The van der Waals surface area contributed by atoms with E-state index in [-0.39, 0.29) is 11.4 Å². The molecule has 0 atom stereocenters. The highest BCUT2D eigenvalue weighted by atomic mass is 16.5. The molecule has 6 nitrogen and oxygen atoms in total. The SMILES string of the molecule is COc1ccc(CNC(=O)c2cc(C3CC3)nc3c2c(C)nn3C(C)(C)C)cc1. The molecule has 1 aliphatic rings. The predicted molar refractivity (Wildman–Crippen MR) is 113 cm³/mol. The van der Waals surface area contributed by atoms with Crippen LogP contribution in [0.5, 0.6) is 5.75 Å². The Hall–Kier alpha value is -2.89. The number of nitrogens with one attached hydrogen (secondary N) is 1. The van der Waals surface area contributed by atoms with Crippen molar-refractivity contribution < 1.29 is 9.53 Å². The normalized spacial score (nSPS) is 14.2. The predicted octanol–water partition coefficient (Wildman–Crippen LogP) is 4.31. The van der Waals surface area contributed by atoms with Gasteiger partial charge in [0.1, 0.15) is 5.75 Å². The zero-order chi connectivity index (χ0) is 20.8. The lowest BCUT2D eigenvalue weighted by Gasteiger charge is -2.20. The summed E-state index contributed by atoms with van der Waals surface area (Å²) in [5.74, 6) is 1.16. The summed E-state index contributed by atoms with van der Waals surface area (Å²) in [7, 11) is 1.64. The fraction of sp³-hybridized carbons (Fsp3) is 0.435. The van der Waals surface area contributed by atoms with Gasteiger partial charge in [-0.3, -0.25) is 4.79 Å². The average Bonchev–Trinajstić information content (AvgIpc) is 3.49. The van der Waals surface area contributed by atoms with Crippen molar-refractivity contribution in [3.63, 3.8) is 0 Å². The summed E-state index contributed by atoms with van der Waals surface area (Å²) >= 11 is 0. The van der Waals surface area contributed by atoms with E-state index in [4.69, 9.17) is 14.8 Å². The number of pyridine rings is 1. The van der Waals surface area contributed by atoms with Gasteiger partial charge >= 0.3 is 0 Å². The number of ether oxygens (including phenoxy) is 1. The number of aryl methyl sites for hydroxylation is 1. The molecule has 2 aromatic heterocycles. The van der Waals surface area contributed by atoms with Crippen LogP contribution in [0, 0.1) is 6.92 Å². The standard InChI is InChI=1S/C23H28N4O2/c1-14-20-18(22(28)24-13-15-6-10-17(29-5)11-7-15)12-19(16-8-9-16)25-21(20)27(26-14)23(2,3)4/h6-7,10-12,16H,8-9,13H2,1-5H3,(H,24,28). The molecule has 29 heavy (non-hydrogen) atoms. The van der Waals surface area contributed by atoms with Crippen LogP contribution in [0.2, 0.25) is 0 Å². The van der Waals surface area contributed by atoms with Crippen molar-refractivity contribution in [2.45, 2.75) is 58.5 Å². The van der Waals surface area contributed by atoms with Crippen LogP contribution in [-0.2, 0) is 12.1 Å². The third-order valence-electron chi connectivity index (χ3n) is 5.32. The van der Waals surface area contributed by atoms with Gasteiger partial charge in [-0.2, -0.15) is 5.10 Å².